The molecule has 1 saturated heterocycles. The molecular formula is C10H19ClN6O. The van der Waals surface area contributed by atoms with Crippen molar-refractivity contribution in [2.24, 2.45) is 5.92 Å². The Morgan fingerprint density at radius 1 is 1.61 bits per heavy atom. The number of hydrogen-bond acceptors (Lipinski definition) is 5. The van der Waals surface area contributed by atoms with Crippen LogP contribution in [-0.2, 0) is 4.79 Å². The molecule has 0 bridgehead atoms. The summed E-state index contributed by atoms with van der Waals surface area (Å²) in [6, 6.07) is -0.133. The minimum atomic E-state index is -0.133. The second kappa shape index (κ2) is 7.27. The van der Waals surface area contributed by atoms with Crippen LogP contribution in [0.2, 0.25) is 0 Å². The van der Waals surface area contributed by atoms with Crippen molar-refractivity contribution in [1.82, 2.24) is 31.3 Å². The molecule has 2 unspecified atom stereocenters. The van der Waals surface area contributed by atoms with E-state index in [-0.39, 0.29) is 30.3 Å². The molecule has 1 fully saturated rings. The number of carbonyl (C=O) groups excluding carboxylic acids is 1. The molecule has 1 aliphatic heterocycles. The van der Waals surface area contributed by atoms with Gasteiger partial charge in [0.15, 0.2) is 5.82 Å². The number of nitrogens with one attached hydrogen (secondary N) is 3. The van der Waals surface area contributed by atoms with Crippen molar-refractivity contribution < 1.29 is 4.79 Å². The molecule has 0 spiro atoms. The van der Waals surface area contributed by atoms with E-state index in [1.54, 1.807) is 0 Å². The standard InChI is InChI=1S/C10H18N6O.ClH/c1-2-3-8(9-13-15-16-14-9)12-10(17)7-4-5-11-6-7;/h7-8,11H,2-6H2,1H3,(H,12,17)(H,13,14,15,16);1H. The van der Waals surface area contributed by atoms with Crippen LogP contribution < -0.4 is 10.6 Å². The van der Waals surface area contributed by atoms with E-state index in [2.05, 4.69) is 38.2 Å². The highest BCUT2D eigenvalue weighted by Gasteiger charge is 2.26. The van der Waals surface area contributed by atoms with E-state index in [0.717, 1.165) is 32.4 Å². The Bertz CT molecular complexity index is 351. The molecule has 3 N–H and O–H groups in total. The van der Waals surface area contributed by atoms with Crippen molar-refractivity contribution in [1.29, 1.82) is 0 Å². The first-order chi connectivity index (χ1) is 8.31. The molecule has 1 aliphatic rings. The number of carbonyl (C=O) groups is 1. The predicted octanol–water partition coefficient (Wildman–Crippen LogP) is 0.188. The first kappa shape index (κ1) is 14.8. The summed E-state index contributed by atoms with van der Waals surface area (Å²) in [5.41, 5.74) is 0. The third-order valence-electron chi connectivity index (χ3n) is 3.00. The highest BCUT2D eigenvalue weighted by molar-refractivity contribution is 5.85. The zero-order chi connectivity index (χ0) is 12.1. The van der Waals surface area contributed by atoms with E-state index in [9.17, 15) is 4.79 Å². The highest BCUT2D eigenvalue weighted by atomic mass is 35.5. The lowest BCUT2D eigenvalue weighted by Crippen LogP contribution is -2.35. The van der Waals surface area contributed by atoms with Gasteiger partial charge in [0.25, 0.3) is 0 Å². The summed E-state index contributed by atoms with van der Waals surface area (Å²) in [5, 5.41) is 20.0. The number of amides is 1. The van der Waals surface area contributed by atoms with Crippen molar-refractivity contribution in [2.45, 2.75) is 32.2 Å². The van der Waals surface area contributed by atoms with Crippen LogP contribution in [0.5, 0.6) is 0 Å². The average molecular weight is 275 g/mol. The maximum absolute atomic E-state index is 12.0. The Hall–Kier alpha value is -1.21. The summed E-state index contributed by atoms with van der Waals surface area (Å²) in [6.45, 7) is 3.74. The van der Waals surface area contributed by atoms with E-state index in [1.165, 1.54) is 0 Å². The summed E-state index contributed by atoms with van der Waals surface area (Å²) >= 11 is 0. The van der Waals surface area contributed by atoms with Crippen LogP contribution in [0.1, 0.15) is 38.1 Å². The lowest BCUT2D eigenvalue weighted by atomic mass is 10.1. The second-order valence-electron chi connectivity index (χ2n) is 4.31. The molecule has 1 aromatic heterocycles. The van der Waals surface area contributed by atoms with E-state index in [1.807, 2.05) is 0 Å². The maximum atomic E-state index is 12.0. The molecule has 7 nitrogen and oxygen atoms in total. The van der Waals surface area contributed by atoms with Crippen molar-refractivity contribution in [2.75, 3.05) is 13.1 Å². The van der Waals surface area contributed by atoms with Crippen molar-refractivity contribution >= 4 is 18.3 Å². The third kappa shape index (κ3) is 3.64. The zero-order valence-corrected chi connectivity index (χ0v) is 11.2. The van der Waals surface area contributed by atoms with E-state index in [4.69, 9.17) is 0 Å². The van der Waals surface area contributed by atoms with Gasteiger partial charge in [-0.2, -0.15) is 5.21 Å². The Kier molecular flexibility index (Phi) is 6.00. The topological polar surface area (TPSA) is 95.6 Å². The first-order valence-corrected chi connectivity index (χ1v) is 6.05. The number of tetrazole rings is 1. The number of nitrogens with zero attached hydrogens (tertiary/aromatic N) is 3. The van der Waals surface area contributed by atoms with Gasteiger partial charge >= 0.3 is 0 Å². The molecule has 0 saturated carbocycles. The zero-order valence-electron chi connectivity index (χ0n) is 10.3. The normalized spacial score (nSPS) is 20.2. The van der Waals surface area contributed by atoms with Crippen molar-refractivity contribution in [3.63, 3.8) is 0 Å². The quantitative estimate of drug-likeness (QED) is 0.712. The van der Waals surface area contributed by atoms with E-state index >= 15 is 0 Å². The summed E-state index contributed by atoms with van der Waals surface area (Å²) in [5.74, 6) is 0.714. The van der Waals surface area contributed by atoms with Gasteiger partial charge in [0.05, 0.1) is 12.0 Å². The minimum absolute atomic E-state index is 0. The number of rotatable bonds is 5. The fourth-order valence-corrected chi connectivity index (χ4v) is 2.04. The fraction of sp³-hybridized carbons (Fsp3) is 0.800. The van der Waals surface area contributed by atoms with Crippen LogP contribution >= 0.6 is 12.4 Å². The van der Waals surface area contributed by atoms with E-state index < -0.39 is 0 Å². The molecule has 18 heavy (non-hydrogen) atoms. The molecule has 102 valence electrons. The molecule has 0 aliphatic carbocycles. The van der Waals surface area contributed by atoms with Gasteiger partial charge in [0.2, 0.25) is 5.91 Å². The summed E-state index contributed by atoms with van der Waals surface area (Å²) in [4.78, 5) is 12.0. The summed E-state index contributed by atoms with van der Waals surface area (Å²) in [7, 11) is 0. The van der Waals surface area contributed by atoms with Gasteiger partial charge in [-0.25, -0.2) is 0 Å². The lowest BCUT2D eigenvalue weighted by Gasteiger charge is -2.17. The first-order valence-electron chi connectivity index (χ1n) is 6.05. The van der Waals surface area contributed by atoms with Gasteiger partial charge in [0, 0.05) is 6.54 Å². The predicted molar refractivity (Wildman–Crippen MR) is 68.2 cm³/mol. The van der Waals surface area contributed by atoms with Crippen molar-refractivity contribution in [3.05, 3.63) is 5.82 Å². The minimum Gasteiger partial charge on any atom is -0.346 e. The van der Waals surface area contributed by atoms with Crippen LogP contribution in [0.25, 0.3) is 0 Å². The Morgan fingerprint density at radius 2 is 2.44 bits per heavy atom. The second-order valence-corrected chi connectivity index (χ2v) is 4.31. The van der Waals surface area contributed by atoms with Gasteiger partial charge in [-0.15, -0.1) is 22.6 Å². The Morgan fingerprint density at radius 3 is 3.00 bits per heavy atom. The number of halogens is 1. The lowest BCUT2D eigenvalue weighted by molar-refractivity contribution is -0.125. The number of hydrogen-bond donors (Lipinski definition) is 3. The SMILES string of the molecule is CCCC(NC(=O)C1CCNC1)c1nn[nH]n1.Cl. The molecule has 2 rings (SSSR count). The van der Waals surface area contributed by atoms with E-state index in [0.29, 0.717) is 5.82 Å². The third-order valence-corrected chi connectivity index (χ3v) is 3.00. The van der Waals surface area contributed by atoms with Gasteiger partial charge in [-0.3, -0.25) is 4.79 Å². The molecule has 8 heteroatoms. The molecule has 1 aromatic rings. The van der Waals surface area contributed by atoms with Crippen LogP contribution in [0, 0.1) is 5.92 Å². The molecular weight excluding hydrogens is 256 g/mol. The van der Waals surface area contributed by atoms with Crippen LogP contribution in [-0.4, -0.2) is 39.6 Å². The van der Waals surface area contributed by atoms with Crippen LogP contribution in [0.3, 0.4) is 0 Å². The molecule has 0 aromatic carbocycles. The monoisotopic (exact) mass is 274 g/mol. The van der Waals surface area contributed by atoms with Crippen LogP contribution in [0.15, 0.2) is 0 Å². The number of H-pyrrole nitrogens is 1. The van der Waals surface area contributed by atoms with Crippen LogP contribution in [0.4, 0.5) is 0 Å². The van der Waals surface area contributed by atoms with Gasteiger partial charge in [-0.05, 0) is 19.4 Å². The van der Waals surface area contributed by atoms with Gasteiger partial charge in [0.1, 0.15) is 0 Å². The molecule has 2 heterocycles. The Balaban J connectivity index is 0.00000162. The molecule has 2 atom stereocenters. The largest absolute Gasteiger partial charge is 0.346 e. The Labute approximate surface area is 112 Å². The van der Waals surface area contributed by atoms with Gasteiger partial charge in [-0.1, -0.05) is 18.6 Å². The maximum Gasteiger partial charge on any atom is 0.225 e. The smallest absolute Gasteiger partial charge is 0.225 e. The van der Waals surface area contributed by atoms with Gasteiger partial charge < -0.3 is 10.6 Å². The number of aromatic nitrogens is 4. The average Bonchev–Trinajstić information content (AvgIpc) is 3.01. The summed E-state index contributed by atoms with van der Waals surface area (Å²) in [6.07, 6.45) is 2.69. The summed E-state index contributed by atoms with van der Waals surface area (Å²) < 4.78 is 0. The highest BCUT2D eigenvalue weighted by Crippen LogP contribution is 2.15. The number of aromatic amines is 1. The molecule has 1 amide bonds. The van der Waals surface area contributed by atoms with Crippen molar-refractivity contribution in [3.8, 4) is 0 Å². The molecule has 0 radical (unpaired) electrons. The fourth-order valence-electron chi connectivity index (χ4n) is 2.04.